The maximum Gasteiger partial charge on any atom is 0.340 e. The smallest absolute Gasteiger partial charge is 0.340 e. The lowest BCUT2D eigenvalue weighted by Gasteiger charge is -1.99. The first-order valence-electron chi connectivity index (χ1n) is 4.94. The van der Waals surface area contributed by atoms with Gasteiger partial charge in [0.25, 0.3) is 0 Å². The van der Waals surface area contributed by atoms with Gasteiger partial charge in [-0.1, -0.05) is 0 Å². The van der Waals surface area contributed by atoms with E-state index in [1.807, 2.05) is 0 Å². The van der Waals surface area contributed by atoms with Crippen LogP contribution in [0.3, 0.4) is 0 Å². The SMILES string of the molecule is CCOC(=O)C=Cc1cc(F)c([N+](=O)[O-])c(F)c1. The van der Waals surface area contributed by atoms with Crippen molar-refractivity contribution in [2.45, 2.75) is 6.92 Å². The van der Waals surface area contributed by atoms with Gasteiger partial charge in [-0.05, 0) is 30.7 Å². The second kappa shape index (κ2) is 5.85. The Balaban J connectivity index is 3.00. The van der Waals surface area contributed by atoms with Crippen LogP contribution in [0.25, 0.3) is 6.08 Å². The molecule has 0 heterocycles. The Morgan fingerprint density at radius 1 is 1.44 bits per heavy atom. The minimum atomic E-state index is -1.30. The van der Waals surface area contributed by atoms with E-state index in [1.54, 1.807) is 6.92 Å². The van der Waals surface area contributed by atoms with Crippen LogP contribution in [-0.4, -0.2) is 17.5 Å². The van der Waals surface area contributed by atoms with Crippen LogP contribution in [0, 0.1) is 21.7 Å². The van der Waals surface area contributed by atoms with Crippen molar-refractivity contribution in [2.75, 3.05) is 6.61 Å². The number of nitrogens with zero attached hydrogens (tertiary/aromatic N) is 1. The lowest BCUT2D eigenvalue weighted by atomic mass is 10.1. The minimum Gasteiger partial charge on any atom is -0.463 e. The van der Waals surface area contributed by atoms with Crippen molar-refractivity contribution in [3.63, 3.8) is 0 Å². The fourth-order valence-electron chi connectivity index (χ4n) is 1.21. The van der Waals surface area contributed by atoms with Crippen molar-refractivity contribution < 1.29 is 23.2 Å². The zero-order valence-electron chi connectivity index (χ0n) is 9.35. The molecule has 0 saturated heterocycles. The van der Waals surface area contributed by atoms with Crippen LogP contribution in [0.1, 0.15) is 12.5 Å². The van der Waals surface area contributed by atoms with E-state index in [9.17, 15) is 23.7 Å². The number of hydrogen-bond donors (Lipinski definition) is 0. The van der Waals surface area contributed by atoms with Gasteiger partial charge in [0, 0.05) is 6.08 Å². The Kier molecular flexibility index (Phi) is 4.47. The van der Waals surface area contributed by atoms with Gasteiger partial charge in [0.15, 0.2) is 0 Å². The van der Waals surface area contributed by atoms with E-state index in [-0.39, 0.29) is 12.2 Å². The van der Waals surface area contributed by atoms with Crippen LogP contribution in [-0.2, 0) is 9.53 Å². The molecule has 0 unspecified atom stereocenters. The summed E-state index contributed by atoms with van der Waals surface area (Å²) in [7, 11) is 0. The highest BCUT2D eigenvalue weighted by molar-refractivity contribution is 5.87. The molecule has 1 rings (SSSR count). The van der Waals surface area contributed by atoms with Crippen molar-refractivity contribution >= 4 is 17.7 Å². The molecule has 7 heteroatoms. The van der Waals surface area contributed by atoms with Gasteiger partial charge < -0.3 is 4.74 Å². The van der Waals surface area contributed by atoms with Gasteiger partial charge in [-0.15, -0.1) is 0 Å². The summed E-state index contributed by atoms with van der Waals surface area (Å²) in [5, 5.41) is 10.3. The van der Waals surface area contributed by atoms with Gasteiger partial charge in [0.1, 0.15) is 0 Å². The molecule has 0 aliphatic heterocycles. The van der Waals surface area contributed by atoms with Crippen molar-refractivity contribution in [1.29, 1.82) is 0 Å². The molecule has 5 nitrogen and oxygen atoms in total. The molecule has 0 atom stereocenters. The number of esters is 1. The number of benzene rings is 1. The molecule has 0 aliphatic carbocycles. The molecule has 0 N–H and O–H groups in total. The number of nitro groups is 1. The topological polar surface area (TPSA) is 69.4 Å². The molecule has 0 aromatic heterocycles. The lowest BCUT2D eigenvalue weighted by Crippen LogP contribution is -1.99. The molecule has 0 spiro atoms. The van der Waals surface area contributed by atoms with Gasteiger partial charge in [0.2, 0.25) is 11.6 Å². The van der Waals surface area contributed by atoms with Crippen LogP contribution in [0.4, 0.5) is 14.5 Å². The van der Waals surface area contributed by atoms with E-state index in [0.29, 0.717) is 0 Å². The third-order valence-electron chi connectivity index (χ3n) is 1.92. The maximum absolute atomic E-state index is 13.2. The summed E-state index contributed by atoms with van der Waals surface area (Å²) < 4.78 is 31.0. The van der Waals surface area contributed by atoms with Crippen LogP contribution >= 0.6 is 0 Å². The standard InChI is InChI=1S/C11H9F2NO4/c1-2-18-10(15)4-3-7-5-8(12)11(14(16)17)9(13)6-7/h3-6H,2H2,1H3. The summed E-state index contributed by atoms with van der Waals surface area (Å²) in [4.78, 5) is 20.1. The third-order valence-corrected chi connectivity index (χ3v) is 1.92. The molecule has 0 amide bonds. The fraction of sp³-hybridized carbons (Fsp3) is 0.182. The molecule has 0 aliphatic rings. The molecule has 0 bridgehead atoms. The number of carbonyl (C=O) groups is 1. The van der Waals surface area contributed by atoms with Crippen molar-refractivity contribution in [3.05, 3.63) is 45.5 Å². The first-order chi connectivity index (χ1) is 8.45. The van der Waals surface area contributed by atoms with Crippen LogP contribution in [0.15, 0.2) is 18.2 Å². The summed E-state index contributed by atoms with van der Waals surface area (Å²) in [5.41, 5.74) is -1.23. The van der Waals surface area contributed by atoms with Crippen molar-refractivity contribution in [1.82, 2.24) is 0 Å². The van der Waals surface area contributed by atoms with Gasteiger partial charge in [0.05, 0.1) is 11.5 Å². The number of ether oxygens (including phenoxy) is 1. The Labute approximate surface area is 101 Å². The maximum atomic E-state index is 13.2. The number of carbonyl (C=O) groups excluding carboxylic acids is 1. The highest BCUT2D eigenvalue weighted by atomic mass is 19.1. The average Bonchev–Trinajstić information content (AvgIpc) is 2.25. The van der Waals surface area contributed by atoms with Gasteiger partial charge in [-0.25, -0.2) is 4.79 Å². The summed E-state index contributed by atoms with van der Waals surface area (Å²) >= 11 is 0. The molecule has 0 fully saturated rings. The zero-order valence-corrected chi connectivity index (χ0v) is 9.35. The third kappa shape index (κ3) is 3.34. The van der Waals surface area contributed by atoms with E-state index >= 15 is 0 Å². The number of halogens is 2. The summed E-state index contributed by atoms with van der Waals surface area (Å²) in [6.07, 6.45) is 2.08. The predicted octanol–water partition coefficient (Wildman–Crippen LogP) is 2.45. The monoisotopic (exact) mass is 257 g/mol. The molecule has 0 radical (unpaired) electrons. The van der Waals surface area contributed by atoms with E-state index < -0.39 is 28.2 Å². The van der Waals surface area contributed by atoms with E-state index in [4.69, 9.17) is 0 Å². The first kappa shape index (κ1) is 13.8. The molecule has 18 heavy (non-hydrogen) atoms. The minimum absolute atomic E-state index is 0.0105. The first-order valence-corrected chi connectivity index (χ1v) is 4.94. The summed E-state index contributed by atoms with van der Waals surface area (Å²) in [6, 6.07) is 1.52. The molecular formula is C11H9F2NO4. The predicted molar refractivity (Wildman–Crippen MR) is 58.7 cm³/mol. The molecular weight excluding hydrogens is 248 g/mol. The molecule has 1 aromatic carbocycles. The van der Waals surface area contributed by atoms with E-state index in [0.717, 1.165) is 24.3 Å². The number of nitro benzene ring substituents is 1. The quantitative estimate of drug-likeness (QED) is 0.359. The Hall–Kier alpha value is -2.31. The molecule has 1 aromatic rings. The van der Waals surface area contributed by atoms with Crippen LogP contribution < -0.4 is 0 Å². The van der Waals surface area contributed by atoms with Gasteiger partial charge in [-0.2, -0.15) is 8.78 Å². The van der Waals surface area contributed by atoms with Crippen LogP contribution in [0.5, 0.6) is 0 Å². The van der Waals surface area contributed by atoms with E-state index in [1.165, 1.54) is 0 Å². The largest absolute Gasteiger partial charge is 0.463 e. The van der Waals surface area contributed by atoms with Gasteiger partial charge in [-0.3, -0.25) is 10.1 Å². The Bertz CT molecular complexity index is 491. The summed E-state index contributed by atoms with van der Waals surface area (Å²) in [5.74, 6) is -3.27. The highest BCUT2D eigenvalue weighted by Gasteiger charge is 2.21. The zero-order chi connectivity index (χ0) is 13.7. The lowest BCUT2D eigenvalue weighted by molar-refractivity contribution is -0.390. The number of hydrogen-bond acceptors (Lipinski definition) is 4. The van der Waals surface area contributed by atoms with Crippen molar-refractivity contribution in [2.24, 2.45) is 0 Å². The highest BCUT2D eigenvalue weighted by Crippen LogP contribution is 2.23. The summed E-state index contributed by atoms with van der Waals surface area (Å²) in [6.45, 7) is 1.78. The van der Waals surface area contributed by atoms with Gasteiger partial charge >= 0.3 is 11.7 Å². The fourth-order valence-corrected chi connectivity index (χ4v) is 1.21. The van der Waals surface area contributed by atoms with Crippen molar-refractivity contribution in [3.8, 4) is 0 Å². The normalized spacial score (nSPS) is 10.6. The molecule has 96 valence electrons. The van der Waals surface area contributed by atoms with Crippen LogP contribution in [0.2, 0.25) is 0 Å². The average molecular weight is 257 g/mol. The Morgan fingerprint density at radius 2 is 2.00 bits per heavy atom. The second-order valence-electron chi connectivity index (χ2n) is 3.18. The van der Waals surface area contributed by atoms with E-state index in [2.05, 4.69) is 4.74 Å². The molecule has 0 saturated carbocycles. The second-order valence-corrected chi connectivity index (χ2v) is 3.18. The number of rotatable bonds is 4. The Morgan fingerprint density at radius 3 is 2.44 bits per heavy atom.